The number of aromatic nitrogens is 2. The van der Waals surface area contributed by atoms with Crippen molar-refractivity contribution >= 4 is 11.6 Å². The van der Waals surface area contributed by atoms with Gasteiger partial charge in [-0.05, 0) is 37.6 Å². The lowest BCUT2D eigenvalue weighted by Crippen LogP contribution is -2.31. The van der Waals surface area contributed by atoms with Crippen LogP contribution >= 0.6 is 0 Å². The van der Waals surface area contributed by atoms with Crippen molar-refractivity contribution in [1.29, 1.82) is 0 Å². The standard InChI is InChI=1S/C19H20N4O6/c1-3-9-22(12-17-20-21-18(29-17)16-6-5-10-28-16)19(24)13-7-8-15(27-4-2)14(11-13)23(25)26/h5-8,10-11H,3-4,9,12H2,1-2H3. The zero-order chi connectivity index (χ0) is 20.8. The summed E-state index contributed by atoms with van der Waals surface area (Å²) in [6, 6.07) is 7.54. The van der Waals surface area contributed by atoms with Crippen LogP contribution in [0, 0.1) is 10.1 Å². The van der Waals surface area contributed by atoms with Crippen LogP contribution in [0.15, 0.2) is 45.4 Å². The second-order valence-electron chi connectivity index (χ2n) is 6.08. The quantitative estimate of drug-likeness (QED) is 0.393. The zero-order valence-electron chi connectivity index (χ0n) is 16.0. The lowest BCUT2D eigenvalue weighted by Gasteiger charge is -2.20. The minimum Gasteiger partial charge on any atom is -0.487 e. The Morgan fingerprint density at radius 3 is 2.76 bits per heavy atom. The van der Waals surface area contributed by atoms with E-state index in [0.717, 1.165) is 0 Å². The fraction of sp³-hybridized carbons (Fsp3) is 0.316. The third-order valence-corrected chi connectivity index (χ3v) is 4.01. The fourth-order valence-corrected chi connectivity index (χ4v) is 2.76. The predicted molar refractivity (Wildman–Crippen MR) is 101 cm³/mol. The van der Waals surface area contributed by atoms with Gasteiger partial charge >= 0.3 is 5.69 Å². The molecule has 3 aromatic rings. The van der Waals surface area contributed by atoms with Gasteiger partial charge < -0.3 is 18.5 Å². The Hall–Kier alpha value is -3.69. The highest BCUT2D eigenvalue weighted by molar-refractivity contribution is 5.95. The van der Waals surface area contributed by atoms with Crippen molar-refractivity contribution < 1.29 is 23.3 Å². The molecular weight excluding hydrogens is 380 g/mol. The Balaban J connectivity index is 1.82. The number of hydrogen-bond acceptors (Lipinski definition) is 8. The molecule has 0 unspecified atom stereocenters. The number of rotatable bonds is 9. The molecule has 29 heavy (non-hydrogen) atoms. The van der Waals surface area contributed by atoms with Crippen LogP contribution in [0.25, 0.3) is 11.7 Å². The summed E-state index contributed by atoms with van der Waals surface area (Å²) in [4.78, 5) is 25.2. The van der Waals surface area contributed by atoms with E-state index in [4.69, 9.17) is 13.6 Å². The molecule has 0 spiro atoms. The lowest BCUT2D eigenvalue weighted by molar-refractivity contribution is -0.385. The van der Waals surface area contributed by atoms with Gasteiger partial charge in [-0.25, -0.2) is 0 Å². The topological polar surface area (TPSA) is 125 Å². The van der Waals surface area contributed by atoms with Gasteiger partial charge in [0, 0.05) is 18.2 Å². The number of amides is 1. The van der Waals surface area contributed by atoms with Crippen molar-refractivity contribution in [1.82, 2.24) is 15.1 Å². The summed E-state index contributed by atoms with van der Waals surface area (Å²) >= 11 is 0. The van der Waals surface area contributed by atoms with E-state index in [1.54, 1.807) is 19.1 Å². The molecule has 10 heteroatoms. The number of hydrogen-bond donors (Lipinski definition) is 0. The molecule has 0 N–H and O–H groups in total. The zero-order valence-corrected chi connectivity index (χ0v) is 16.0. The molecule has 0 atom stereocenters. The molecule has 2 aromatic heterocycles. The molecule has 2 heterocycles. The molecule has 0 fully saturated rings. The van der Waals surface area contributed by atoms with Crippen LogP contribution in [0.2, 0.25) is 0 Å². The fourth-order valence-electron chi connectivity index (χ4n) is 2.76. The van der Waals surface area contributed by atoms with Crippen molar-refractivity contribution in [2.45, 2.75) is 26.8 Å². The first-order valence-corrected chi connectivity index (χ1v) is 9.10. The van der Waals surface area contributed by atoms with Crippen molar-refractivity contribution in [2.75, 3.05) is 13.2 Å². The first-order valence-electron chi connectivity index (χ1n) is 9.10. The molecule has 0 radical (unpaired) electrons. The van der Waals surface area contributed by atoms with Crippen molar-refractivity contribution in [3.05, 3.63) is 58.2 Å². The maximum absolute atomic E-state index is 13.0. The van der Waals surface area contributed by atoms with E-state index in [1.165, 1.54) is 29.4 Å². The van der Waals surface area contributed by atoms with Gasteiger partial charge in [0.1, 0.15) is 0 Å². The molecule has 10 nitrogen and oxygen atoms in total. The summed E-state index contributed by atoms with van der Waals surface area (Å²) in [5.41, 5.74) is -0.0774. The van der Waals surface area contributed by atoms with Crippen LogP contribution in [0.5, 0.6) is 5.75 Å². The number of carbonyl (C=O) groups excluding carboxylic acids is 1. The van der Waals surface area contributed by atoms with Gasteiger partial charge in [-0.3, -0.25) is 14.9 Å². The molecule has 0 saturated carbocycles. The van der Waals surface area contributed by atoms with Crippen LogP contribution in [-0.2, 0) is 6.54 Å². The number of furan rings is 1. The average Bonchev–Trinajstić information content (AvgIpc) is 3.39. The molecule has 3 rings (SSSR count). The predicted octanol–water partition coefficient (Wildman–Crippen LogP) is 3.69. The Kier molecular flexibility index (Phi) is 6.22. The normalized spacial score (nSPS) is 10.7. The second-order valence-corrected chi connectivity index (χ2v) is 6.08. The van der Waals surface area contributed by atoms with Gasteiger partial charge in [-0.2, -0.15) is 0 Å². The van der Waals surface area contributed by atoms with Crippen LogP contribution in [-0.4, -0.2) is 39.1 Å². The molecule has 1 aromatic carbocycles. The highest BCUT2D eigenvalue weighted by atomic mass is 16.6. The van der Waals surface area contributed by atoms with E-state index in [9.17, 15) is 14.9 Å². The minimum atomic E-state index is -0.570. The van der Waals surface area contributed by atoms with Crippen molar-refractivity contribution in [2.24, 2.45) is 0 Å². The molecule has 0 bridgehead atoms. The number of ether oxygens (including phenoxy) is 1. The number of carbonyl (C=O) groups is 1. The summed E-state index contributed by atoms with van der Waals surface area (Å²) in [7, 11) is 0. The molecule has 0 aliphatic rings. The Labute approximate surface area is 166 Å². The van der Waals surface area contributed by atoms with E-state index < -0.39 is 4.92 Å². The Morgan fingerprint density at radius 1 is 1.28 bits per heavy atom. The van der Waals surface area contributed by atoms with Crippen LogP contribution in [0.3, 0.4) is 0 Å². The van der Waals surface area contributed by atoms with E-state index in [2.05, 4.69) is 10.2 Å². The van der Waals surface area contributed by atoms with Crippen LogP contribution < -0.4 is 4.74 Å². The van der Waals surface area contributed by atoms with E-state index in [-0.39, 0.29) is 47.8 Å². The summed E-state index contributed by atoms with van der Waals surface area (Å²) in [6.45, 7) is 4.42. The van der Waals surface area contributed by atoms with Crippen molar-refractivity contribution in [3.63, 3.8) is 0 Å². The summed E-state index contributed by atoms with van der Waals surface area (Å²) < 4.78 is 16.0. The molecule has 0 aliphatic heterocycles. The minimum absolute atomic E-state index is 0.0708. The van der Waals surface area contributed by atoms with E-state index in [1.807, 2.05) is 6.92 Å². The highest BCUT2D eigenvalue weighted by Gasteiger charge is 2.23. The number of nitro groups is 1. The van der Waals surface area contributed by atoms with Gasteiger partial charge in [-0.15, -0.1) is 10.2 Å². The summed E-state index contributed by atoms with van der Waals surface area (Å²) in [5, 5.41) is 19.2. The third-order valence-electron chi connectivity index (χ3n) is 4.01. The molecule has 0 aliphatic carbocycles. The molecule has 1 amide bonds. The average molecular weight is 400 g/mol. The molecular formula is C19H20N4O6. The van der Waals surface area contributed by atoms with Crippen LogP contribution in [0.4, 0.5) is 5.69 Å². The summed E-state index contributed by atoms with van der Waals surface area (Å²) in [5.74, 6) is 0.621. The van der Waals surface area contributed by atoms with Crippen LogP contribution in [0.1, 0.15) is 36.5 Å². The molecule has 152 valence electrons. The smallest absolute Gasteiger partial charge is 0.311 e. The van der Waals surface area contributed by atoms with E-state index in [0.29, 0.717) is 18.7 Å². The third kappa shape index (κ3) is 4.60. The Bertz CT molecular complexity index is 983. The monoisotopic (exact) mass is 400 g/mol. The SMILES string of the molecule is CCCN(Cc1nnc(-c2ccco2)o1)C(=O)c1ccc(OCC)c([N+](=O)[O-])c1. The largest absolute Gasteiger partial charge is 0.487 e. The number of benzene rings is 1. The molecule has 0 saturated heterocycles. The maximum Gasteiger partial charge on any atom is 0.311 e. The number of nitro benzene ring substituents is 1. The van der Waals surface area contributed by atoms with Gasteiger partial charge in [0.15, 0.2) is 11.5 Å². The Morgan fingerprint density at radius 2 is 2.10 bits per heavy atom. The maximum atomic E-state index is 13.0. The summed E-state index contributed by atoms with van der Waals surface area (Å²) in [6.07, 6.45) is 2.18. The van der Waals surface area contributed by atoms with Crippen molar-refractivity contribution in [3.8, 4) is 17.4 Å². The first kappa shape index (κ1) is 20.1. The van der Waals surface area contributed by atoms with Gasteiger partial charge in [0.05, 0.1) is 24.3 Å². The number of nitrogens with zero attached hydrogens (tertiary/aromatic N) is 4. The second kappa shape index (κ2) is 9.00. The van der Waals surface area contributed by atoms with Gasteiger partial charge in [0.25, 0.3) is 11.8 Å². The highest BCUT2D eigenvalue weighted by Crippen LogP contribution is 2.29. The van der Waals surface area contributed by atoms with Gasteiger partial charge in [-0.1, -0.05) is 6.92 Å². The lowest BCUT2D eigenvalue weighted by atomic mass is 10.1. The van der Waals surface area contributed by atoms with E-state index >= 15 is 0 Å². The van der Waals surface area contributed by atoms with Gasteiger partial charge in [0.2, 0.25) is 5.89 Å². The first-order chi connectivity index (χ1) is 14.0.